The van der Waals surface area contributed by atoms with Crippen molar-refractivity contribution in [1.29, 1.82) is 0 Å². The fourth-order valence-corrected chi connectivity index (χ4v) is 2.05. The summed E-state index contributed by atoms with van der Waals surface area (Å²) in [5.41, 5.74) is 0.120. The van der Waals surface area contributed by atoms with Crippen molar-refractivity contribution in [3.05, 3.63) is 0 Å². The lowest BCUT2D eigenvalue weighted by Gasteiger charge is -2.30. The fourth-order valence-electron chi connectivity index (χ4n) is 2.05. The lowest BCUT2D eigenvalue weighted by Crippen LogP contribution is -2.46. The quantitative estimate of drug-likeness (QED) is 0.738. The number of aliphatic hydroxyl groups excluding tert-OH is 1. The van der Waals surface area contributed by atoms with Crippen molar-refractivity contribution in [3.63, 3.8) is 0 Å². The molecule has 1 saturated heterocycles. The average molecular weight is 214 g/mol. The van der Waals surface area contributed by atoms with E-state index in [2.05, 4.69) is 37.9 Å². The molecule has 0 radical (unpaired) electrons. The predicted octanol–water partition coefficient (Wildman–Crippen LogP) is 1.08. The van der Waals surface area contributed by atoms with Crippen LogP contribution in [0.2, 0.25) is 0 Å². The van der Waals surface area contributed by atoms with Gasteiger partial charge in [0.15, 0.2) is 0 Å². The second-order valence-corrected chi connectivity index (χ2v) is 5.84. The first-order chi connectivity index (χ1) is 6.89. The molecule has 1 fully saturated rings. The first-order valence-electron chi connectivity index (χ1n) is 6.04. The molecule has 1 heterocycles. The number of nitrogens with one attached hydrogen (secondary N) is 1. The molecule has 0 aliphatic carbocycles. The smallest absolute Gasteiger partial charge is 0.0791 e. The van der Waals surface area contributed by atoms with Crippen LogP contribution in [0.5, 0.6) is 0 Å². The number of β-amino-alcohol motifs (C(OH)–C–C–N with tert-alkyl or cyclic N) is 1. The monoisotopic (exact) mass is 214 g/mol. The zero-order valence-corrected chi connectivity index (χ0v) is 10.6. The Hall–Kier alpha value is -0.120. The van der Waals surface area contributed by atoms with Gasteiger partial charge in [0.2, 0.25) is 0 Å². The highest BCUT2D eigenvalue weighted by atomic mass is 16.3. The molecule has 1 rings (SSSR count). The molecule has 15 heavy (non-hydrogen) atoms. The van der Waals surface area contributed by atoms with Gasteiger partial charge in [-0.15, -0.1) is 0 Å². The van der Waals surface area contributed by atoms with E-state index < -0.39 is 0 Å². The molecule has 0 bridgehead atoms. The number of rotatable bonds is 3. The predicted molar refractivity (Wildman–Crippen MR) is 64.0 cm³/mol. The molecule has 0 aromatic carbocycles. The van der Waals surface area contributed by atoms with Crippen molar-refractivity contribution in [2.45, 2.75) is 45.8 Å². The molecule has 0 aromatic heterocycles. The minimum atomic E-state index is -0.223. The van der Waals surface area contributed by atoms with Gasteiger partial charge in [0.25, 0.3) is 0 Å². The highest BCUT2D eigenvalue weighted by molar-refractivity contribution is 4.87. The topological polar surface area (TPSA) is 35.5 Å². The Bertz CT molecular complexity index is 192. The molecule has 1 aliphatic heterocycles. The second kappa shape index (κ2) is 5.28. The number of aliphatic hydroxyl groups is 1. The molecule has 1 aliphatic rings. The van der Waals surface area contributed by atoms with Crippen LogP contribution in [-0.4, -0.2) is 47.8 Å². The lowest BCUT2D eigenvalue weighted by molar-refractivity contribution is 0.126. The van der Waals surface area contributed by atoms with Gasteiger partial charge in [-0.3, -0.25) is 4.90 Å². The number of nitrogens with zero attached hydrogens (tertiary/aromatic N) is 1. The van der Waals surface area contributed by atoms with Crippen molar-refractivity contribution in [2.24, 2.45) is 5.92 Å². The zero-order chi connectivity index (χ0) is 11.5. The van der Waals surface area contributed by atoms with E-state index >= 15 is 0 Å². The Morgan fingerprint density at radius 3 is 2.73 bits per heavy atom. The van der Waals surface area contributed by atoms with Crippen molar-refractivity contribution in [2.75, 3.05) is 26.2 Å². The van der Waals surface area contributed by atoms with Crippen molar-refractivity contribution < 1.29 is 5.11 Å². The van der Waals surface area contributed by atoms with Crippen molar-refractivity contribution in [3.8, 4) is 0 Å². The minimum absolute atomic E-state index is 0.120. The highest BCUT2D eigenvalue weighted by Crippen LogP contribution is 2.12. The highest BCUT2D eigenvalue weighted by Gasteiger charge is 2.27. The minimum Gasteiger partial charge on any atom is -0.390 e. The van der Waals surface area contributed by atoms with E-state index in [4.69, 9.17) is 0 Å². The summed E-state index contributed by atoms with van der Waals surface area (Å²) in [5.74, 6) is 0.737. The zero-order valence-electron chi connectivity index (χ0n) is 10.6. The maximum atomic E-state index is 9.75. The molecule has 3 nitrogen and oxygen atoms in total. The maximum Gasteiger partial charge on any atom is 0.0791 e. The van der Waals surface area contributed by atoms with E-state index in [1.54, 1.807) is 0 Å². The molecule has 1 unspecified atom stereocenters. The van der Waals surface area contributed by atoms with Crippen LogP contribution in [0.25, 0.3) is 0 Å². The first-order valence-corrected chi connectivity index (χ1v) is 6.04. The molecule has 3 heteroatoms. The molecule has 0 spiro atoms. The van der Waals surface area contributed by atoms with Crippen LogP contribution in [-0.2, 0) is 0 Å². The van der Waals surface area contributed by atoms with Crippen LogP contribution < -0.4 is 5.32 Å². The Morgan fingerprint density at radius 1 is 1.47 bits per heavy atom. The summed E-state index contributed by atoms with van der Waals surface area (Å²) >= 11 is 0. The largest absolute Gasteiger partial charge is 0.390 e. The van der Waals surface area contributed by atoms with Gasteiger partial charge in [-0.05, 0) is 32.7 Å². The summed E-state index contributed by atoms with van der Waals surface area (Å²) in [6.45, 7) is 12.5. The third kappa shape index (κ3) is 4.96. The van der Waals surface area contributed by atoms with Gasteiger partial charge in [-0.2, -0.15) is 0 Å². The molecule has 90 valence electrons. The summed E-state index contributed by atoms with van der Waals surface area (Å²) in [7, 11) is 0. The third-order valence-electron chi connectivity index (χ3n) is 2.93. The van der Waals surface area contributed by atoms with E-state index in [9.17, 15) is 5.11 Å². The SMILES string of the molecule is CC(C)CCN1CC(O)CNC(C)(C)C1. The van der Waals surface area contributed by atoms with Gasteiger partial charge >= 0.3 is 0 Å². The van der Waals surface area contributed by atoms with Crippen LogP contribution in [0, 0.1) is 5.92 Å². The van der Waals surface area contributed by atoms with Crippen LogP contribution in [0.3, 0.4) is 0 Å². The molecular weight excluding hydrogens is 188 g/mol. The van der Waals surface area contributed by atoms with Gasteiger partial charge in [-0.25, -0.2) is 0 Å². The van der Waals surface area contributed by atoms with Crippen LogP contribution in [0.15, 0.2) is 0 Å². The van der Waals surface area contributed by atoms with E-state index in [0.717, 1.165) is 25.6 Å². The maximum absolute atomic E-state index is 9.75. The normalized spacial score (nSPS) is 28.0. The van der Waals surface area contributed by atoms with Crippen molar-refractivity contribution >= 4 is 0 Å². The van der Waals surface area contributed by atoms with E-state index in [-0.39, 0.29) is 11.6 Å². The van der Waals surface area contributed by atoms with E-state index in [1.165, 1.54) is 6.42 Å². The third-order valence-corrected chi connectivity index (χ3v) is 2.93. The van der Waals surface area contributed by atoms with E-state index in [1.807, 2.05) is 0 Å². The number of hydrogen-bond donors (Lipinski definition) is 2. The molecular formula is C12H26N2O. The van der Waals surface area contributed by atoms with Gasteiger partial charge in [0.05, 0.1) is 6.10 Å². The Balaban J connectivity index is 2.46. The van der Waals surface area contributed by atoms with Crippen molar-refractivity contribution in [1.82, 2.24) is 10.2 Å². The average Bonchev–Trinajstić information content (AvgIpc) is 2.22. The van der Waals surface area contributed by atoms with Gasteiger partial charge in [0, 0.05) is 25.2 Å². The summed E-state index contributed by atoms with van der Waals surface area (Å²) in [5, 5.41) is 13.1. The van der Waals surface area contributed by atoms with E-state index in [0.29, 0.717) is 6.54 Å². The fraction of sp³-hybridized carbons (Fsp3) is 1.00. The first kappa shape index (κ1) is 12.9. The van der Waals surface area contributed by atoms with Gasteiger partial charge in [-0.1, -0.05) is 13.8 Å². The van der Waals surface area contributed by atoms with Crippen LogP contribution in [0.1, 0.15) is 34.1 Å². The molecule has 2 N–H and O–H groups in total. The Labute approximate surface area is 93.9 Å². The van der Waals surface area contributed by atoms with Crippen LogP contribution in [0.4, 0.5) is 0 Å². The summed E-state index contributed by atoms with van der Waals surface area (Å²) in [6, 6.07) is 0. The van der Waals surface area contributed by atoms with Gasteiger partial charge in [0.1, 0.15) is 0 Å². The Kier molecular flexibility index (Phi) is 4.56. The standard InChI is InChI=1S/C12H26N2O/c1-10(2)5-6-14-8-11(15)7-13-12(3,4)9-14/h10-11,13,15H,5-9H2,1-4H3. The number of hydrogen-bond acceptors (Lipinski definition) is 3. The molecule has 0 aromatic rings. The van der Waals surface area contributed by atoms with Gasteiger partial charge < -0.3 is 10.4 Å². The summed E-state index contributed by atoms with van der Waals surface area (Å²) in [4.78, 5) is 2.38. The second-order valence-electron chi connectivity index (χ2n) is 5.84. The summed E-state index contributed by atoms with van der Waals surface area (Å²) in [6.07, 6.45) is 0.988. The molecule has 0 amide bonds. The summed E-state index contributed by atoms with van der Waals surface area (Å²) < 4.78 is 0. The lowest BCUT2D eigenvalue weighted by atomic mass is 10.0. The Morgan fingerprint density at radius 2 is 2.13 bits per heavy atom. The molecule has 0 saturated carbocycles. The van der Waals surface area contributed by atoms with Crippen LogP contribution >= 0.6 is 0 Å². The molecule has 1 atom stereocenters.